The molecule has 0 radical (unpaired) electrons. The third-order valence-corrected chi connectivity index (χ3v) is 4.97. The molecule has 0 spiro atoms. The Kier molecular flexibility index (Phi) is 4.67. The Morgan fingerprint density at radius 1 is 1.11 bits per heavy atom. The SMILES string of the molecule is CCn1cc(C(=O)NCc2cccc(NC(=O)C3CC3)c2)c2ccccc21. The van der Waals surface area contributed by atoms with Crippen LogP contribution < -0.4 is 10.6 Å². The van der Waals surface area contributed by atoms with Crippen molar-refractivity contribution in [3.63, 3.8) is 0 Å². The topological polar surface area (TPSA) is 63.1 Å². The first-order valence-electron chi connectivity index (χ1n) is 9.41. The van der Waals surface area contributed by atoms with Gasteiger partial charge in [0.1, 0.15) is 0 Å². The Labute approximate surface area is 158 Å². The van der Waals surface area contributed by atoms with Crippen molar-refractivity contribution in [3.05, 3.63) is 65.9 Å². The summed E-state index contributed by atoms with van der Waals surface area (Å²) in [6, 6.07) is 15.6. The van der Waals surface area contributed by atoms with Crippen molar-refractivity contribution >= 4 is 28.4 Å². The van der Waals surface area contributed by atoms with Crippen molar-refractivity contribution in [2.45, 2.75) is 32.9 Å². The summed E-state index contributed by atoms with van der Waals surface area (Å²) in [4.78, 5) is 24.6. The number of aromatic nitrogens is 1. The number of aryl methyl sites for hydroxylation is 1. The smallest absolute Gasteiger partial charge is 0.253 e. The molecular formula is C22H23N3O2. The zero-order valence-electron chi connectivity index (χ0n) is 15.4. The van der Waals surface area contributed by atoms with Gasteiger partial charge in [0, 0.05) is 41.8 Å². The molecule has 2 amide bonds. The Hall–Kier alpha value is -3.08. The summed E-state index contributed by atoms with van der Waals surface area (Å²) in [6.45, 7) is 3.30. The van der Waals surface area contributed by atoms with Crippen LogP contribution in [0.15, 0.2) is 54.7 Å². The fraction of sp³-hybridized carbons (Fsp3) is 0.273. The van der Waals surface area contributed by atoms with Gasteiger partial charge >= 0.3 is 0 Å². The van der Waals surface area contributed by atoms with E-state index >= 15 is 0 Å². The summed E-state index contributed by atoms with van der Waals surface area (Å²) in [5, 5.41) is 6.90. The van der Waals surface area contributed by atoms with E-state index in [0.717, 1.165) is 41.5 Å². The number of benzene rings is 2. The molecule has 1 heterocycles. The van der Waals surface area contributed by atoms with Gasteiger partial charge in [-0.1, -0.05) is 30.3 Å². The highest BCUT2D eigenvalue weighted by Crippen LogP contribution is 2.30. The van der Waals surface area contributed by atoms with Crippen LogP contribution in [0, 0.1) is 5.92 Å². The van der Waals surface area contributed by atoms with Crippen LogP contribution in [0.25, 0.3) is 10.9 Å². The fourth-order valence-electron chi connectivity index (χ4n) is 3.32. The van der Waals surface area contributed by atoms with Gasteiger partial charge in [-0.2, -0.15) is 0 Å². The monoisotopic (exact) mass is 361 g/mol. The minimum Gasteiger partial charge on any atom is -0.348 e. The first-order valence-corrected chi connectivity index (χ1v) is 9.41. The first-order chi connectivity index (χ1) is 13.2. The molecule has 0 saturated heterocycles. The van der Waals surface area contributed by atoms with Gasteiger partial charge < -0.3 is 15.2 Å². The van der Waals surface area contributed by atoms with E-state index < -0.39 is 0 Å². The number of carbonyl (C=O) groups excluding carboxylic acids is 2. The maximum atomic E-state index is 12.7. The zero-order chi connectivity index (χ0) is 18.8. The standard InChI is InChI=1S/C22H23N3O2/c1-2-25-14-19(18-8-3-4-9-20(18)25)22(27)23-13-15-6-5-7-17(12-15)24-21(26)16-10-11-16/h3-9,12,14,16H,2,10-11,13H2,1H3,(H,23,27)(H,24,26). The van der Waals surface area contributed by atoms with Crippen LogP contribution in [0.2, 0.25) is 0 Å². The summed E-state index contributed by atoms with van der Waals surface area (Å²) in [7, 11) is 0. The molecule has 0 unspecified atom stereocenters. The highest BCUT2D eigenvalue weighted by molar-refractivity contribution is 6.07. The Bertz CT molecular complexity index is 1000. The quantitative estimate of drug-likeness (QED) is 0.698. The molecule has 3 aromatic rings. The zero-order valence-corrected chi connectivity index (χ0v) is 15.4. The van der Waals surface area contributed by atoms with E-state index in [-0.39, 0.29) is 17.7 Å². The second-order valence-corrected chi connectivity index (χ2v) is 6.99. The van der Waals surface area contributed by atoms with Gasteiger partial charge in [-0.3, -0.25) is 9.59 Å². The molecule has 27 heavy (non-hydrogen) atoms. The van der Waals surface area contributed by atoms with Crippen LogP contribution in [0.5, 0.6) is 0 Å². The minimum absolute atomic E-state index is 0.0866. The maximum Gasteiger partial charge on any atom is 0.253 e. The first kappa shape index (κ1) is 17.3. The number of nitrogens with one attached hydrogen (secondary N) is 2. The lowest BCUT2D eigenvalue weighted by Crippen LogP contribution is -2.22. The highest BCUT2D eigenvalue weighted by atomic mass is 16.2. The van der Waals surface area contributed by atoms with Crippen molar-refractivity contribution in [3.8, 4) is 0 Å². The summed E-state index contributed by atoms with van der Waals surface area (Å²) < 4.78 is 2.08. The van der Waals surface area contributed by atoms with Crippen LogP contribution in [0.4, 0.5) is 5.69 Å². The molecule has 5 nitrogen and oxygen atoms in total. The summed E-state index contributed by atoms with van der Waals surface area (Å²) in [5.41, 5.74) is 3.48. The molecular weight excluding hydrogens is 338 g/mol. The van der Waals surface area contributed by atoms with Crippen LogP contribution in [-0.4, -0.2) is 16.4 Å². The van der Waals surface area contributed by atoms with Gasteiger partial charge in [0.25, 0.3) is 5.91 Å². The molecule has 1 aliphatic carbocycles. The highest BCUT2D eigenvalue weighted by Gasteiger charge is 2.29. The molecule has 1 aliphatic rings. The lowest BCUT2D eigenvalue weighted by molar-refractivity contribution is -0.117. The number of fused-ring (bicyclic) bond motifs is 1. The third-order valence-electron chi connectivity index (χ3n) is 4.97. The largest absolute Gasteiger partial charge is 0.348 e. The number of nitrogens with zero attached hydrogens (tertiary/aromatic N) is 1. The number of carbonyl (C=O) groups is 2. The number of anilines is 1. The molecule has 2 aromatic carbocycles. The lowest BCUT2D eigenvalue weighted by atomic mass is 10.1. The Morgan fingerprint density at radius 3 is 2.70 bits per heavy atom. The molecule has 4 rings (SSSR count). The van der Waals surface area contributed by atoms with E-state index in [9.17, 15) is 9.59 Å². The number of rotatable bonds is 6. The Balaban J connectivity index is 1.46. The summed E-state index contributed by atoms with van der Waals surface area (Å²) in [5.74, 6) is 0.165. The van der Waals surface area contributed by atoms with Crippen molar-refractivity contribution in [1.29, 1.82) is 0 Å². The average Bonchev–Trinajstić information content (AvgIpc) is 3.47. The molecule has 0 bridgehead atoms. The molecule has 0 aliphatic heterocycles. The average molecular weight is 361 g/mol. The van der Waals surface area contributed by atoms with Gasteiger partial charge in [-0.25, -0.2) is 0 Å². The van der Waals surface area contributed by atoms with Gasteiger partial charge in [-0.05, 0) is 43.5 Å². The summed E-state index contributed by atoms with van der Waals surface area (Å²) >= 11 is 0. The van der Waals surface area contributed by atoms with Crippen LogP contribution in [0.3, 0.4) is 0 Å². The fourth-order valence-corrected chi connectivity index (χ4v) is 3.32. The normalized spacial score (nSPS) is 13.5. The molecule has 0 atom stereocenters. The Morgan fingerprint density at radius 2 is 1.93 bits per heavy atom. The van der Waals surface area contributed by atoms with E-state index in [1.165, 1.54) is 0 Å². The second kappa shape index (κ2) is 7.27. The predicted molar refractivity (Wildman–Crippen MR) is 107 cm³/mol. The maximum absolute atomic E-state index is 12.7. The van der Waals surface area contributed by atoms with Crippen LogP contribution >= 0.6 is 0 Å². The summed E-state index contributed by atoms with van der Waals surface area (Å²) in [6.07, 6.45) is 3.87. The minimum atomic E-state index is -0.0918. The number of hydrogen-bond donors (Lipinski definition) is 2. The molecule has 138 valence electrons. The van der Waals surface area contributed by atoms with E-state index in [2.05, 4.69) is 22.1 Å². The molecule has 1 fully saturated rings. The van der Waals surface area contributed by atoms with E-state index in [1.54, 1.807) is 0 Å². The van der Waals surface area contributed by atoms with E-state index in [4.69, 9.17) is 0 Å². The molecule has 5 heteroatoms. The van der Waals surface area contributed by atoms with E-state index in [0.29, 0.717) is 12.1 Å². The number of hydrogen-bond acceptors (Lipinski definition) is 2. The molecule has 2 N–H and O–H groups in total. The van der Waals surface area contributed by atoms with Gasteiger partial charge in [-0.15, -0.1) is 0 Å². The number of amides is 2. The number of para-hydroxylation sites is 1. The van der Waals surface area contributed by atoms with Crippen molar-refractivity contribution in [2.75, 3.05) is 5.32 Å². The third kappa shape index (κ3) is 3.72. The molecule has 1 saturated carbocycles. The van der Waals surface area contributed by atoms with Crippen molar-refractivity contribution in [1.82, 2.24) is 9.88 Å². The lowest BCUT2D eigenvalue weighted by Gasteiger charge is -2.08. The van der Waals surface area contributed by atoms with Crippen molar-refractivity contribution < 1.29 is 9.59 Å². The van der Waals surface area contributed by atoms with Gasteiger partial charge in [0.05, 0.1) is 5.56 Å². The van der Waals surface area contributed by atoms with Gasteiger partial charge in [0.2, 0.25) is 5.91 Å². The molecule has 1 aromatic heterocycles. The van der Waals surface area contributed by atoms with Gasteiger partial charge in [0.15, 0.2) is 0 Å². The second-order valence-electron chi connectivity index (χ2n) is 6.99. The van der Waals surface area contributed by atoms with Crippen molar-refractivity contribution in [2.24, 2.45) is 5.92 Å². The van der Waals surface area contributed by atoms with Crippen LogP contribution in [-0.2, 0) is 17.9 Å². The van der Waals surface area contributed by atoms with Crippen LogP contribution in [0.1, 0.15) is 35.7 Å². The van der Waals surface area contributed by atoms with E-state index in [1.807, 2.05) is 54.7 Å². The predicted octanol–water partition coefficient (Wildman–Crippen LogP) is 3.94.